The number of halogens is 1. The number of aromatic nitrogens is 4. The second kappa shape index (κ2) is 13.0. The molecule has 1 unspecified atom stereocenters. The van der Waals surface area contributed by atoms with Gasteiger partial charge in [0.05, 0.1) is 6.04 Å². The normalized spacial score (nSPS) is 15.8. The van der Waals surface area contributed by atoms with Gasteiger partial charge in [0, 0.05) is 51.1 Å². The van der Waals surface area contributed by atoms with Crippen LogP contribution in [0.2, 0.25) is 5.15 Å². The van der Waals surface area contributed by atoms with Gasteiger partial charge in [-0.1, -0.05) is 48.0 Å². The zero-order valence-corrected chi connectivity index (χ0v) is 24.0. The molecule has 0 saturated carbocycles. The van der Waals surface area contributed by atoms with Crippen LogP contribution in [0.5, 0.6) is 11.5 Å². The highest BCUT2D eigenvalue weighted by Crippen LogP contribution is 2.32. The Labute approximate surface area is 253 Å². The minimum absolute atomic E-state index is 0.131. The van der Waals surface area contributed by atoms with E-state index >= 15 is 0 Å². The molecule has 0 bridgehead atoms. The number of rotatable bonds is 9. The molecule has 0 spiro atoms. The summed E-state index contributed by atoms with van der Waals surface area (Å²) in [5.41, 5.74) is 1.93. The number of fused-ring (bicyclic) bond motifs is 1. The van der Waals surface area contributed by atoms with Crippen molar-refractivity contribution in [2.45, 2.75) is 25.5 Å². The number of hydrogen-bond acceptors (Lipinski definition) is 9. The third-order valence-electron chi connectivity index (χ3n) is 7.24. The number of imidazole rings is 1. The van der Waals surface area contributed by atoms with E-state index < -0.39 is 6.09 Å². The molecule has 222 valence electrons. The van der Waals surface area contributed by atoms with Crippen LogP contribution in [0.1, 0.15) is 17.5 Å². The number of carbonyl (C=O) groups is 2. The molecule has 2 aliphatic heterocycles. The van der Waals surface area contributed by atoms with Crippen molar-refractivity contribution in [3.8, 4) is 17.4 Å². The van der Waals surface area contributed by atoms with Gasteiger partial charge in [-0.3, -0.25) is 9.36 Å². The van der Waals surface area contributed by atoms with E-state index in [4.69, 9.17) is 30.8 Å². The smallest absolute Gasteiger partial charge is 0.410 e. The first-order valence-electron chi connectivity index (χ1n) is 13.9. The number of nitrogens with one attached hydrogen (secondary N) is 1. The van der Waals surface area contributed by atoms with Crippen molar-refractivity contribution in [2.24, 2.45) is 0 Å². The molecule has 1 N–H and O–H groups in total. The van der Waals surface area contributed by atoms with Crippen molar-refractivity contribution in [1.29, 1.82) is 0 Å². The zero-order chi connectivity index (χ0) is 29.6. The van der Waals surface area contributed by atoms with Crippen LogP contribution >= 0.6 is 11.6 Å². The predicted octanol–water partition coefficient (Wildman–Crippen LogP) is 3.62. The van der Waals surface area contributed by atoms with Gasteiger partial charge in [0.25, 0.3) is 0 Å². The van der Waals surface area contributed by atoms with E-state index in [1.165, 1.54) is 0 Å². The zero-order valence-electron chi connectivity index (χ0n) is 23.3. The Balaban J connectivity index is 1.14. The molecule has 2 aromatic heterocycles. The standard InChI is InChI=1S/C30H30ClN7O5/c31-26-16-27(35-29(34-26)37-11-10-32-19-37)38-13-12-36(30(40)41-18-22-4-2-1-3-5-22)17-23(38)15-28(39)33-9-8-21-6-7-24-25(14-21)43-20-42-24/h1-7,10-11,14,16,19,23H,8-9,12-13,15,17-18,20H2,(H,33,39). The second-order valence-corrected chi connectivity index (χ2v) is 10.5. The van der Waals surface area contributed by atoms with Crippen molar-refractivity contribution in [3.63, 3.8) is 0 Å². The number of amides is 2. The molecule has 43 heavy (non-hydrogen) atoms. The van der Waals surface area contributed by atoms with E-state index in [9.17, 15) is 9.59 Å². The summed E-state index contributed by atoms with van der Waals surface area (Å²) < 4.78 is 18.1. The van der Waals surface area contributed by atoms with E-state index in [1.807, 2.05) is 53.4 Å². The summed E-state index contributed by atoms with van der Waals surface area (Å²) in [5.74, 6) is 2.19. The Morgan fingerprint density at radius 2 is 1.88 bits per heavy atom. The first kappa shape index (κ1) is 28.3. The number of hydrogen-bond donors (Lipinski definition) is 1. The molecule has 12 nitrogen and oxygen atoms in total. The van der Waals surface area contributed by atoms with Crippen molar-refractivity contribution in [1.82, 2.24) is 29.7 Å². The van der Waals surface area contributed by atoms with Crippen LogP contribution in [-0.2, 0) is 22.6 Å². The van der Waals surface area contributed by atoms with Crippen LogP contribution in [0.4, 0.5) is 10.6 Å². The summed E-state index contributed by atoms with van der Waals surface area (Å²) in [6.07, 6.45) is 5.26. The lowest BCUT2D eigenvalue weighted by Crippen LogP contribution is -2.56. The van der Waals surface area contributed by atoms with Crippen LogP contribution in [0.15, 0.2) is 73.3 Å². The van der Waals surface area contributed by atoms with E-state index in [0.717, 1.165) is 16.9 Å². The van der Waals surface area contributed by atoms with Gasteiger partial charge < -0.3 is 29.3 Å². The van der Waals surface area contributed by atoms with Gasteiger partial charge in [-0.25, -0.2) is 14.8 Å². The lowest BCUT2D eigenvalue weighted by atomic mass is 10.1. The molecular formula is C30H30ClN7O5. The van der Waals surface area contributed by atoms with Crippen LogP contribution in [0.3, 0.4) is 0 Å². The molecule has 2 aromatic carbocycles. The Hall–Kier alpha value is -4.84. The van der Waals surface area contributed by atoms with Gasteiger partial charge >= 0.3 is 6.09 Å². The Bertz CT molecular complexity index is 1570. The third-order valence-corrected chi connectivity index (χ3v) is 7.43. The number of piperazine rings is 1. The first-order valence-corrected chi connectivity index (χ1v) is 14.3. The lowest BCUT2D eigenvalue weighted by Gasteiger charge is -2.41. The Kier molecular flexibility index (Phi) is 8.55. The molecule has 1 atom stereocenters. The number of carbonyl (C=O) groups excluding carboxylic acids is 2. The van der Waals surface area contributed by atoms with Crippen LogP contribution < -0.4 is 19.7 Å². The van der Waals surface area contributed by atoms with Crippen molar-refractivity contribution >= 4 is 29.4 Å². The number of benzene rings is 2. The monoisotopic (exact) mass is 603 g/mol. The maximum Gasteiger partial charge on any atom is 0.410 e. The highest BCUT2D eigenvalue weighted by atomic mass is 35.5. The molecule has 0 radical (unpaired) electrons. The molecule has 13 heteroatoms. The number of nitrogens with zero attached hydrogens (tertiary/aromatic N) is 6. The Morgan fingerprint density at radius 3 is 2.72 bits per heavy atom. The summed E-state index contributed by atoms with van der Waals surface area (Å²) in [7, 11) is 0. The van der Waals surface area contributed by atoms with Crippen molar-refractivity contribution in [3.05, 3.63) is 89.6 Å². The van der Waals surface area contributed by atoms with E-state index in [0.29, 0.717) is 43.6 Å². The average molecular weight is 604 g/mol. The van der Waals surface area contributed by atoms with Gasteiger partial charge in [0.2, 0.25) is 18.6 Å². The fourth-order valence-corrected chi connectivity index (χ4v) is 5.24. The highest BCUT2D eigenvalue weighted by Gasteiger charge is 2.33. The summed E-state index contributed by atoms with van der Waals surface area (Å²) >= 11 is 6.39. The van der Waals surface area contributed by atoms with Crippen LogP contribution in [0.25, 0.3) is 5.95 Å². The summed E-state index contributed by atoms with van der Waals surface area (Å²) in [5, 5.41) is 3.27. The highest BCUT2D eigenvalue weighted by molar-refractivity contribution is 6.29. The molecule has 1 saturated heterocycles. The van der Waals surface area contributed by atoms with E-state index in [1.54, 1.807) is 34.3 Å². The van der Waals surface area contributed by atoms with E-state index in [2.05, 4.69) is 15.3 Å². The minimum atomic E-state index is -0.434. The third kappa shape index (κ3) is 6.97. The van der Waals surface area contributed by atoms with Gasteiger partial charge in [0.15, 0.2) is 11.5 Å². The molecule has 4 heterocycles. The second-order valence-electron chi connectivity index (χ2n) is 10.1. The Morgan fingerprint density at radius 1 is 1.02 bits per heavy atom. The summed E-state index contributed by atoms with van der Waals surface area (Å²) in [6, 6.07) is 16.5. The van der Waals surface area contributed by atoms with Gasteiger partial charge in [-0.05, 0) is 29.7 Å². The summed E-state index contributed by atoms with van der Waals surface area (Å²) in [6.45, 7) is 1.90. The van der Waals surface area contributed by atoms with Gasteiger partial charge in [-0.15, -0.1) is 0 Å². The molecule has 1 fully saturated rings. The van der Waals surface area contributed by atoms with Crippen LogP contribution in [-0.4, -0.2) is 75.4 Å². The molecule has 6 rings (SSSR count). The van der Waals surface area contributed by atoms with Crippen molar-refractivity contribution < 1.29 is 23.8 Å². The number of anilines is 1. The number of ether oxygens (including phenoxy) is 3. The van der Waals surface area contributed by atoms with Crippen molar-refractivity contribution in [2.75, 3.05) is 37.9 Å². The fourth-order valence-electron chi connectivity index (χ4n) is 5.07. The molecule has 0 aliphatic carbocycles. The lowest BCUT2D eigenvalue weighted by molar-refractivity contribution is -0.121. The van der Waals surface area contributed by atoms with E-state index in [-0.39, 0.29) is 43.5 Å². The fraction of sp³-hybridized carbons (Fsp3) is 0.300. The predicted molar refractivity (Wildman–Crippen MR) is 157 cm³/mol. The summed E-state index contributed by atoms with van der Waals surface area (Å²) in [4.78, 5) is 42.9. The quantitative estimate of drug-likeness (QED) is 0.286. The maximum absolute atomic E-state index is 13.2. The van der Waals surface area contributed by atoms with Crippen LogP contribution in [0, 0.1) is 0 Å². The average Bonchev–Trinajstić information content (AvgIpc) is 3.73. The SMILES string of the molecule is O=C(CC1CN(C(=O)OCc2ccccc2)CCN1c1cc(Cl)nc(-n2ccnc2)n1)NCCc1ccc2c(c1)OCO2. The largest absolute Gasteiger partial charge is 0.454 e. The minimum Gasteiger partial charge on any atom is -0.454 e. The molecule has 2 amide bonds. The topological polar surface area (TPSA) is 124 Å². The maximum atomic E-state index is 13.2. The molecular weight excluding hydrogens is 574 g/mol. The van der Waals surface area contributed by atoms with Gasteiger partial charge in [0.1, 0.15) is 23.9 Å². The van der Waals surface area contributed by atoms with Gasteiger partial charge in [-0.2, -0.15) is 4.98 Å². The first-order chi connectivity index (χ1) is 21.0. The molecule has 2 aliphatic rings. The molecule has 4 aromatic rings.